The van der Waals surface area contributed by atoms with Crippen LogP contribution < -0.4 is 0 Å². The van der Waals surface area contributed by atoms with E-state index in [2.05, 4.69) is 0 Å². The molecule has 3 heteroatoms. The van der Waals surface area contributed by atoms with Gasteiger partial charge in [0.15, 0.2) is 0 Å². The van der Waals surface area contributed by atoms with Gasteiger partial charge in [0.05, 0.1) is 18.8 Å². The molecular formula is C8H12O3. The van der Waals surface area contributed by atoms with Crippen LogP contribution in [-0.2, 0) is 9.47 Å². The molecular weight excluding hydrogens is 144 g/mol. The average molecular weight is 156 g/mol. The fourth-order valence-electron chi connectivity index (χ4n) is 1.08. The SMILES string of the molecule is C[C@@H](O)[C@@H]1O[C@H]1/C=C/[C@H]1CO1. The summed E-state index contributed by atoms with van der Waals surface area (Å²) in [5.41, 5.74) is 0. The zero-order chi connectivity index (χ0) is 7.84. The van der Waals surface area contributed by atoms with E-state index < -0.39 is 0 Å². The standard InChI is InChI=1S/C8H12O3/c1-5(9)8-7(11-8)3-2-6-4-10-6/h2-3,5-9H,4H2,1H3/b3-2+/t5-,6+,7+,8+/m1/s1. The molecule has 2 rings (SSSR count). The second-order valence-electron chi connectivity index (χ2n) is 3.06. The molecule has 1 N–H and O–H groups in total. The van der Waals surface area contributed by atoms with Crippen LogP contribution in [0.2, 0.25) is 0 Å². The first-order valence-electron chi connectivity index (χ1n) is 3.91. The molecule has 0 spiro atoms. The second kappa shape index (κ2) is 2.59. The first kappa shape index (κ1) is 7.28. The van der Waals surface area contributed by atoms with Gasteiger partial charge in [-0.1, -0.05) is 12.2 Å². The summed E-state index contributed by atoms with van der Waals surface area (Å²) in [5, 5.41) is 9.05. The van der Waals surface area contributed by atoms with Gasteiger partial charge in [-0.3, -0.25) is 0 Å². The van der Waals surface area contributed by atoms with Crippen LogP contribution in [0.25, 0.3) is 0 Å². The average Bonchev–Trinajstić information content (AvgIpc) is 2.81. The molecule has 2 saturated heterocycles. The molecule has 0 saturated carbocycles. The van der Waals surface area contributed by atoms with E-state index >= 15 is 0 Å². The lowest BCUT2D eigenvalue weighted by Crippen LogP contribution is -2.10. The van der Waals surface area contributed by atoms with Crippen LogP contribution in [0, 0.1) is 0 Å². The predicted octanol–water partition coefficient (Wildman–Crippen LogP) is 0.0896. The number of rotatable bonds is 3. The molecule has 0 aromatic rings. The van der Waals surface area contributed by atoms with Gasteiger partial charge in [-0.2, -0.15) is 0 Å². The minimum Gasteiger partial charge on any atom is -0.391 e. The lowest BCUT2D eigenvalue weighted by Gasteiger charge is -1.93. The highest BCUT2D eigenvalue weighted by Crippen LogP contribution is 2.27. The predicted molar refractivity (Wildman–Crippen MR) is 39.2 cm³/mol. The van der Waals surface area contributed by atoms with Crippen molar-refractivity contribution in [3.63, 3.8) is 0 Å². The quantitative estimate of drug-likeness (QED) is 0.465. The van der Waals surface area contributed by atoms with Gasteiger partial charge in [0.25, 0.3) is 0 Å². The Bertz CT molecular complexity index is 172. The largest absolute Gasteiger partial charge is 0.391 e. The summed E-state index contributed by atoms with van der Waals surface area (Å²) in [6.07, 6.45) is 4.06. The Morgan fingerprint density at radius 3 is 2.73 bits per heavy atom. The Labute approximate surface area is 65.6 Å². The normalized spacial score (nSPS) is 44.4. The zero-order valence-electron chi connectivity index (χ0n) is 6.43. The minimum absolute atomic E-state index is 0.0185. The lowest BCUT2D eigenvalue weighted by atomic mass is 10.2. The van der Waals surface area contributed by atoms with E-state index in [0.29, 0.717) is 6.10 Å². The van der Waals surface area contributed by atoms with Gasteiger partial charge in [0.1, 0.15) is 12.2 Å². The number of aliphatic hydroxyl groups excluding tert-OH is 1. The molecule has 0 aliphatic carbocycles. The first-order chi connectivity index (χ1) is 5.27. The lowest BCUT2D eigenvalue weighted by molar-refractivity contribution is 0.152. The van der Waals surface area contributed by atoms with E-state index in [1.807, 2.05) is 12.2 Å². The van der Waals surface area contributed by atoms with Crippen molar-refractivity contribution >= 4 is 0 Å². The molecule has 0 amide bonds. The number of hydrogen-bond donors (Lipinski definition) is 1. The van der Waals surface area contributed by atoms with Crippen LogP contribution in [0.3, 0.4) is 0 Å². The first-order valence-corrected chi connectivity index (χ1v) is 3.91. The highest BCUT2D eigenvalue weighted by molar-refractivity contribution is 5.08. The zero-order valence-corrected chi connectivity index (χ0v) is 6.43. The molecule has 11 heavy (non-hydrogen) atoms. The highest BCUT2D eigenvalue weighted by atomic mass is 16.6. The van der Waals surface area contributed by atoms with E-state index in [-0.39, 0.29) is 18.3 Å². The Kier molecular flexibility index (Phi) is 1.71. The summed E-state index contributed by atoms with van der Waals surface area (Å²) in [7, 11) is 0. The maximum Gasteiger partial charge on any atom is 0.114 e. The summed E-state index contributed by atoms with van der Waals surface area (Å²) < 4.78 is 10.1. The van der Waals surface area contributed by atoms with Crippen molar-refractivity contribution in [1.29, 1.82) is 0 Å². The van der Waals surface area contributed by atoms with Gasteiger partial charge in [-0.05, 0) is 6.92 Å². The summed E-state index contributed by atoms with van der Waals surface area (Å²) in [5.74, 6) is 0. The molecule has 0 aromatic carbocycles. The van der Waals surface area contributed by atoms with Crippen LogP contribution in [0.15, 0.2) is 12.2 Å². The second-order valence-corrected chi connectivity index (χ2v) is 3.06. The molecule has 0 unspecified atom stereocenters. The fraction of sp³-hybridized carbons (Fsp3) is 0.750. The van der Waals surface area contributed by atoms with E-state index in [9.17, 15) is 0 Å². The molecule has 3 nitrogen and oxygen atoms in total. The van der Waals surface area contributed by atoms with Gasteiger partial charge in [0, 0.05) is 0 Å². The smallest absolute Gasteiger partial charge is 0.114 e. The summed E-state index contributed by atoms with van der Waals surface area (Å²) in [6, 6.07) is 0. The minimum atomic E-state index is -0.357. The number of epoxide rings is 2. The monoisotopic (exact) mass is 156 g/mol. The van der Waals surface area contributed by atoms with Crippen LogP contribution in [0.5, 0.6) is 0 Å². The number of ether oxygens (including phenoxy) is 2. The van der Waals surface area contributed by atoms with Gasteiger partial charge < -0.3 is 14.6 Å². The molecule has 2 aliphatic rings. The molecule has 2 aliphatic heterocycles. The molecule has 0 radical (unpaired) electrons. The Balaban J connectivity index is 1.73. The van der Waals surface area contributed by atoms with Crippen molar-refractivity contribution in [3.05, 3.63) is 12.2 Å². The van der Waals surface area contributed by atoms with Crippen molar-refractivity contribution < 1.29 is 14.6 Å². The molecule has 2 heterocycles. The molecule has 0 bridgehead atoms. The van der Waals surface area contributed by atoms with E-state index in [1.165, 1.54) is 0 Å². The van der Waals surface area contributed by atoms with Crippen LogP contribution in [-0.4, -0.2) is 36.1 Å². The van der Waals surface area contributed by atoms with E-state index in [4.69, 9.17) is 14.6 Å². The van der Waals surface area contributed by atoms with E-state index in [0.717, 1.165) is 6.61 Å². The molecule has 62 valence electrons. The van der Waals surface area contributed by atoms with Gasteiger partial charge in [0.2, 0.25) is 0 Å². The highest BCUT2D eigenvalue weighted by Gasteiger charge is 2.40. The van der Waals surface area contributed by atoms with Crippen LogP contribution in [0.1, 0.15) is 6.92 Å². The Morgan fingerprint density at radius 1 is 1.55 bits per heavy atom. The van der Waals surface area contributed by atoms with Gasteiger partial charge >= 0.3 is 0 Å². The third kappa shape index (κ3) is 1.80. The maximum absolute atomic E-state index is 9.05. The fourth-order valence-corrected chi connectivity index (χ4v) is 1.08. The van der Waals surface area contributed by atoms with Crippen LogP contribution in [0.4, 0.5) is 0 Å². The van der Waals surface area contributed by atoms with Gasteiger partial charge in [-0.15, -0.1) is 0 Å². The Hall–Kier alpha value is -0.380. The Morgan fingerprint density at radius 2 is 2.27 bits per heavy atom. The molecule has 0 aromatic heterocycles. The maximum atomic E-state index is 9.05. The van der Waals surface area contributed by atoms with Gasteiger partial charge in [-0.25, -0.2) is 0 Å². The van der Waals surface area contributed by atoms with Crippen molar-refractivity contribution in [2.45, 2.75) is 31.3 Å². The van der Waals surface area contributed by atoms with Crippen molar-refractivity contribution in [2.24, 2.45) is 0 Å². The number of hydrogen-bond acceptors (Lipinski definition) is 3. The van der Waals surface area contributed by atoms with Crippen molar-refractivity contribution in [1.82, 2.24) is 0 Å². The third-order valence-electron chi connectivity index (χ3n) is 1.91. The molecule has 2 fully saturated rings. The number of aliphatic hydroxyl groups is 1. The summed E-state index contributed by atoms with van der Waals surface area (Å²) >= 11 is 0. The topological polar surface area (TPSA) is 45.3 Å². The van der Waals surface area contributed by atoms with Crippen molar-refractivity contribution in [3.8, 4) is 0 Å². The summed E-state index contributed by atoms with van der Waals surface area (Å²) in [6.45, 7) is 2.58. The third-order valence-corrected chi connectivity index (χ3v) is 1.91. The van der Waals surface area contributed by atoms with E-state index in [1.54, 1.807) is 6.92 Å². The van der Waals surface area contributed by atoms with Crippen LogP contribution >= 0.6 is 0 Å². The molecule has 4 atom stereocenters. The summed E-state index contributed by atoms with van der Waals surface area (Å²) in [4.78, 5) is 0. The van der Waals surface area contributed by atoms with Crippen molar-refractivity contribution in [2.75, 3.05) is 6.61 Å².